The quantitative estimate of drug-likeness (QED) is 0.739. The molecule has 3 rings (SSSR count). The zero-order chi connectivity index (χ0) is 18.7. The van der Waals surface area contributed by atoms with Crippen molar-refractivity contribution in [2.24, 2.45) is 0 Å². The molecule has 0 bridgehead atoms. The number of imide groups is 1. The predicted octanol–water partition coefficient (Wildman–Crippen LogP) is 4.08. The third-order valence-corrected chi connectivity index (χ3v) is 4.72. The first-order valence-electron chi connectivity index (χ1n) is 7.75. The van der Waals surface area contributed by atoms with Crippen LogP contribution in [0.15, 0.2) is 47.4 Å². The zero-order valence-electron chi connectivity index (χ0n) is 14.2. The fraction of sp³-hybridized carbons (Fsp3) is 0.158. The van der Waals surface area contributed by atoms with E-state index in [1.165, 1.54) is 26.3 Å². The number of thioether (sulfide) groups is 1. The van der Waals surface area contributed by atoms with Crippen molar-refractivity contribution in [1.82, 2.24) is 4.90 Å². The maximum Gasteiger partial charge on any atom is 0.293 e. The van der Waals surface area contributed by atoms with Crippen molar-refractivity contribution in [1.29, 1.82) is 0 Å². The summed E-state index contributed by atoms with van der Waals surface area (Å²) in [5, 5.41) is -0.303. The first-order chi connectivity index (χ1) is 12.5. The van der Waals surface area contributed by atoms with Gasteiger partial charge in [-0.3, -0.25) is 14.5 Å². The summed E-state index contributed by atoms with van der Waals surface area (Å²) in [6, 6.07) is 11.3. The van der Waals surface area contributed by atoms with Gasteiger partial charge in [0.05, 0.1) is 12.0 Å². The molecule has 0 aromatic heterocycles. The second-order valence-electron chi connectivity index (χ2n) is 5.57. The van der Waals surface area contributed by atoms with Crippen molar-refractivity contribution in [3.63, 3.8) is 0 Å². The van der Waals surface area contributed by atoms with E-state index in [4.69, 9.17) is 9.47 Å². The van der Waals surface area contributed by atoms with Crippen LogP contribution in [0.25, 0.3) is 6.08 Å². The van der Waals surface area contributed by atoms with Crippen LogP contribution < -0.4 is 9.47 Å². The number of hydrogen-bond acceptors (Lipinski definition) is 5. The standard InChI is InChI=1S/C19H16FNO4S/c1-21-18(22)17(26-19(21)23)10-12-6-7-15(16(9-12)24-2)25-11-13-4-3-5-14(20)8-13/h3-10H,11H2,1-2H3/b17-10-. The number of likely N-dealkylation sites (N-methyl/N-ethyl adjacent to an activating group) is 1. The molecule has 5 nitrogen and oxygen atoms in total. The van der Waals surface area contributed by atoms with E-state index < -0.39 is 0 Å². The number of benzene rings is 2. The van der Waals surface area contributed by atoms with Crippen molar-refractivity contribution < 1.29 is 23.5 Å². The van der Waals surface area contributed by atoms with Gasteiger partial charge in [0.25, 0.3) is 11.1 Å². The van der Waals surface area contributed by atoms with E-state index in [-0.39, 0.29) is 23.6 Å². The molecule has 1 heterocycles. The van der Waals surface area contributed by atoms with Gasteiger partial charge in [0.15, 0.2) is 11.5 Å². The number of amides is 2. The SMILES string of the molecule is COc1cc(/C=C2\SC(=O)N(C)C2=O)ccc1OCc1cccc(F)c1. The Morgan fingerprint density at radius 2 is 1.96 bits per heavy atom. The first-order valence-corrected chi connectivity index (χ1v) is 8.56. The Labute approximate surface area is 154 Å². The van der Waals surface area contributed by atoms with Crippen LogP contribution in [-0.2, 0) is 11.4 Å². The van der Waals surface area contributed by atoms with Crippen LogP contribution in [-0.4, -0.2) is 30.2 Å². The Bertz CT molecular complexity index is 897. The van der Waals surface area contributed by atoms with Gasteiger partial charge >= 0.3 is 0 Å². The Kier molecular flexibility index (Phi) is 5.27. The molecule has 1 saturated heterocycles. The lowest BCUT2D eigenvalue weighted by Crippen LogP contribution is -2.22. The fourth-order valence-corrected chi connectivity index (χ4v) is 3.21. The molecule has 0 atom stereocenters. The number of methoxy groups -OCH3 is 1. The van der Waals surface area contributed by atoms with E-state index in [0.29, 0.717) is 27.5 Å². The van der Waals surface area contributed by atoms with Gasteiger partial charge in [-0.15, -0.1) is 0 Å². The Morgan fingerprint density at radius 3 is 2.62 bits per heavy atom. The molecule has 26 heavy (non-hydrogen) atoms. The predicted molar refractivity (Wildman–Crippen MR) is 97.5 cm³/mol. The van der Waals surface area contributed by atoms with Crippen LogP contribution in [0, 0.1) is 5.82 Å². The minimum atomic E-state index is -0.328. The Balaban J connectivity index is 1.78. The van der Waals surface area contributed by atoms with E-state index in [1.807, 2.05) is 0 Å². The molecule has 2 aromatic carbocycles. The maximum absolute atomic E-state index is 13.2. The van der Waals surface area contributed by atoms with E-state index in [9.17, 15) is 14.0 Å². The molecule has 2 amide bonds. The van der Waals surface area contributed by atoms with Crippen LogP contribution in [0.3, 0.4) is 0 Å². The zero-order valence-corrected chi connectivity index (χ0v) is 15.0. The minimum Gasteiger partial charge on any atom is -0.493 e. The van der Waals surface area contributed by atoms with E-state index >= 15 is 0 Å². The summed E-state index contributed by atoms with van der Waals surface area (Å²) in [5.41, 5.74) is 1.41. The maximum atomic E-state index is 13.2. The summed E-state index contributed by atoms with van der Waals surface area (Å²) >= 11 is 0.894. The lowest BCUT2D eigenvalue weighted by Gasteiger charge is -2.11. The monoisotopic (exact) mass is 373 g/mol. The second kappa shape index (κ2) is 7.61. The number of rotatable bonds is 5. The Hall–Kier alpha value is -2.80. The summed E-state index contributed by atoms with van der Waals surface area (Å²) in [7, 11) is 2.95. The van der Waals surface area contributed by atoms with Crippen LogP contribution in [0.4, 0.5) is 9.18 Å². The lowest BCUT2D eigenvalue weighted by atomic mass is 10.2. The molecule has 134 valence electrons. The van der Waals surface area contributed by atoms with Gasteiger partial charge in [0, 0.05) is 7.05 Å². The summed E-state index contributed by atoms with van der Waals surface area (Å²) in [5.74, 6) is 0.326. The van der Waals surface area contributed by atoms with Crippen molar-refractivity contribution >= 4 is 29.0 Å². The second-order valence-corrected chi connectivity index (χ2v) is 6.56. The molecule has 1 aliphatic heterocycles. The van der Waals surface area contributed by atoms with Gasteiger partial charge < -0.3 is 9.47 Å². The first kappa shape index (κ1) is 18.0. The van der Waals surface area contributed by atoms with Crippen LogP contribution >= 0.6 is 11.8 Å². The number of ether oxygens (including phenoxy) is 2. The highest BCUT2D eigenvalue weighted by molar-refractivity contribution is 8.18. The van der Waals surface area contributed by atoms with Crippen molar-refractivity contribution in [2.75, 3.05) is 14.2 Å². The molecule has 7 heteroatoms. The highest BCUT2D eigenvalue weighted by Gasteiger charge is 2.31. The average Bonchev–Trinajstić information content (AvgIpc) is 2.87. The fourth-order valence-electron chi connectivity index (χ4n) is 2.38. The summed E-state index contributed by atoms with van der Waals surface area (Å²) < 4.78 is 24.3. The summed E-state index contributed by atoms with van der Waals surface area (Å²) in [4.78, 5) is 24.9. The molecule has 2 aromatic rings. The van der Waals surface area contributed by atoms with Gasteiger partial charge in [-0.1, -0.05) is 18.2 Å². The molecule has 1 aliphatic rings. The third kappa shape index (κ3) is 3.88. The molecular formula is C19H16FNO4S. The van der Waals surface area contributed by atoms with Gasteiger partial charge in [-0.05, 0) is 53.2 Å². The molecule has 0 aliphatic carbocycles. The number of hydrogen-bond donors (Lipinski definition) is 0. The molecule has 0 saturated carbocycles. The van der Waals surface area contributed by atoms with Gasteiger partial charge in [0.1, 0.15) is 12.4 Å². The van der Waals surface area contributed by atoms with Crippen LogP contribution in [0.5, 0.6) is 11.5 Å². The van der Waals surface area contributed by atoms with Crippen LogP contribution in [0.2, 0.25) is 0 Å². The molecule has 1 fully saturated rings. The summed E-state index contributed by atoms with van der Waals surface area (Å²) in [6.07, 6.45) is 1.63. The molecular weight excluding hydrogens is 357 g/mol. The molecule has 0 spiro atoms. The topological polar surface area (TPSA) is 55.8 Å². The van der Waals surface area contributed by atoms with E-state index in [0.717, 1.165) is 16.7 Å². The van der Waals surface area contributed by atoms with Crippen molar-refractivity contribution in [2.45, 2.75) is 6.61 Å². The van der Waals surface area contributed by atoms with Gasteiger partial charge in [-0.2, -0.15) is 0 Å². The molecule has 0 unspecified atom stereocenters. The third-order valence-electron chi connectivity index (χ3n) is 3.76. The molecule has 0 N–H and O–H groups in total. The van der Waals surface area contributed by atoms with Crippen molar-refractivity contribution in [3.8, 4) is 11.5 Å². The van der Waals surface area contributed by atoms with Crippen LogP contribution in [0.1, 0.15) is 11.1 Å². The average molecular weight is 373 g/mol. The van der Waals surface area contributed by atoms with E-state index in [1.54, 1.807) is 36.4 Å². The highest BCUT2D eigenvalue weighted by Crippen LogP contribution is 2.34. The van der Waals surface area contributed by atoms with Crippen molar-refractivity contribution in [3.05, 3.63) is 64.3 Å². The number of halogens is 1. The smallest absolute Gasteiger partial charge is 0.293 e. The molecule has 0 radical (unpaired) electrons. The van der Waals surface area contributed by atoms with E-state index in [2.05, 4.69) is 0 Å². The lowest BCUT2D eigenvalue weighted by molar-refractivity contribution is -0.121. The normalized spacial score (nSPS) is 15.7. The highest BCUT2D eigenvalue weighted by atomic mass is 32.2. The number of nitrogens with zero attached hydrogens (tertiary/aromatic N) is 1. The van der Waals surface area contributed by atoms with Gasteiger partial charge in [-0.25, -0.2) is 4.39 Å². The number of carbonyl (C=O) groups excluding carboxylic acids is 2. The van der Waals surface area contributed by atoms with Gasteiger partial charge in [0.2, 0.25) is 0 Å². The number of carbonyl (C=O) groups is 2. The largest absolute Gasteiger partial charge is 0.493 e. The Morgan fingerprint density at radius 1 is 1.15 bits per heavy atom. The summed E-state index contributed by atoms with van der Waals surface area (Å²) in [6.45, 7) is 0.197. The minimum absolute atomic E-state index is 0.197.